The molecule has 0 aliphatic heterocycles. The van der Waals surface area contributed by atoms with Crippen LogP contribution < -0.4 is 16.0 Å². The summed E-state index contributed by atoms with van der Waals surface area (Å²) < 4.78 is 0. The van der Waals surface area contributed by atoms with Gasteiger partial charge < -0.3 is 16.0 Å². The molecular weight excluding hydrogens is 266 g/mol. The Hall–Kier alpha value is -1.88. The van der Waals surface area contributed by atoms with E-state index in [0.717, 1.165) is 24.2 Å². The second kappa shape index (κ2) is 9.13. The van der Waals surface area contributed by atoms with Gasteiger partial charge in [0, 0.05) is 24.6 Å². The number of amides is 2. The minimum Gasteiger partial charge on any atom is -0.352 e. The van der Waals surface area contributed by atoms with Gasteiger partial charge in [-0.1, -0.05) is 26.0 Å². The molecule has 1 aromatic carbocycles. The van der Waals surface area contributed by atoms with E-state index in [4.69, 9.17) is 0 Å². The quantitative estimate of drug-likeness (QED) is 0.641. The molecule has 0 heterocycles. The molecule has 0 saturated heterocycles. The molecular formula is C16H25N3O2. The van der Waals surface area contributed by atoms with Crippen molar-refractivity contribution in [3.63, 3.8) is 0 Å². The van der Waals surface area contributed by atoms with Gasteiger partial charge in [-0.15, -0.1) is 0 Å². The zero-order chi connectivity index (χ0) is 15.7. The summed E-state index contributed by atoms with van der Waals surface area (Å²) in [6.45, 7) is 5.02. The highest BCUT2D eigenvalue weighted by molar-refractivity contribution is 5.92. The molecule has 2 amide bonds. The van der Waals surface area contributed by atoms with Crippen LogP contribution in [0.1, 0.15) is 32.3 Å². The molecule has 0 aliphatic carbocycles. The molecule has 0 radical (unpaired) electrons. The third-order valence-corrected chi connectivity index (χ3v) is 3.04. The van der Waals surface area contributed by atoms with Crippen molar-refractivity contribution < 1.29 is 9.59 Å². The van der Waals surface area contributed by atoms with E-state index in [-0.39, 0.29) is 17.7 Å². The standard InChI is InChI=1S/C16H25N3O2/c1-12(2)16(21)19-14-7-4-6-13(10-14)11-18-15(20)8-5-9-17-3/h4,6-7,10,12,17H,5,8-9,11H2,1-3H3,(H,18,20)(H,19,21). The van der Waals surface area contributed by atoms with E-state index in [1.807, 2.05) is 45.2 Å². The van der Waals surface area contributed by atoms with Crippen LogP contribution in [0.15, 0.2) is 24.3 Å². The van der Waals surface area contributed by atoms with Crippen LogP contribution >= 0.6 is 0 Å². The summed E-state index contributed by atoms with van der Waals surface area (Å²) in [5.74, 6) is -0.0225. The van der Waals surface area contributed by atoms with E-state index in [2.05, 4.69) is 16.0 Å². The Morgan fingerprint density at radius 3 is 2.67 bits per heavy atom. The maximum atomic E-state index is 11.6. The third-order valence-electron chi connectivity index (χ3n) is 3.04. The van der Waals surface area contributed by atoms with E-state index in [1.54, 1.807) is 0 Å². The normalized spacial score (nSPS) is 10.5. The molecule has 5 heteroatoms. The average molecular weight is 291 g/mol. The van der Waals surface area contributed by atoms with Crippen molar-refractivity contribution in [1.29, 1.82) is 0 Å². The van der Waals surface area contributed by atoms with E-state index >= 15 is 0 Å². The Kier molecular flexibility index (Phi) is 7.46. The van der Waals surface area contributed by atoms with Gasteiger partial charge in [0.15, 0.2) is 0 Å². The van der Waals surface area contributed by atoms with Gasteiger partial charge in [-0.3, -0.25) is 9.59 Å². The van der Waals surface area contributed by atoms with Gasteiger partial charge in [0.2, 0.25) is 11.8 Å². The molecule has 1 aromatic rings. The Morgan fingerprint density at radius 1 is 1.24 bits per heavy atom. The van der Waals surface area contributed by atoms with Crippen LogP contribution in [0.2, 0.25) is 0 Å². The second-order valence-electron chi connectivity index (χ2n) is 5.33. The molecule has 0 spiro atoms. The summed E-state index contributed by atoms with van der Waals surface area (Å²) in [6, 6.07) is 7.53. The third kappa shape index (κ3) is 6.90. The van der Waals surface area contributed by atoms with Crippen LogP contribution in [0, 0.1) is 5.92 Å². The highest BCUT2D eigenvalue weighted by Gasteiger charge is 2.07. The predicted octanol–water partition coefficient (Wildman–Crippen LogP) is 1.90. The first-order chi connectivity index (χ1) is 10.0. The average Bonchev–Trinajstić information content (AvgIpc) is 2.45. The number of rotatable bonds is 8. The van der Waals surface area contributed by atoms with Gasteiger partial charge in [0.1, 0.15) is 0 Å². The van der Waals surface area contributed by atoms with Crippen LogP contribution in [-0.4, -0.2) is 25.4 Å². The van der Waals surface area contributed by atoms with Gasteiger partial charge in [0.05, 0.1) is 0 Å². The lowest BCUT2D eigenvalue weighted by molar-refractivity contribution is -0.121. The Morgan fingerprint density at radius 2 is 2.00 bits per heavy atom. The highest BCUT2D eigenvalue weighted by atomic mass is 16.2. The zero-order valence-corrected chi connectivity index (χ0v) is 13.0. The van der Waals surface area contributed by atoms with E-state index in [0.29, 0.717) is 13.0 Å². The summed E-state index contributed by atoms with van der Waals surface area (Å²) in [6.07, 6.45) is 1.34. The van der Waals surface area contributed by atoms with Crippen LogP contribution in [0.5, 0.6) is 0 Å². The van der Waals surface area contributed by atoms with E-state index < -0.39 is 0 Å². The number of anilines is 1. The molecule has 0 unspecified atom stereocenters. The molecule has 116 valence electrons. The lowest BCUT2D eigenvalue weighted by atomic mass is 10.1. The molecule has 0 atom stereocenters. The molecule has 0 bridgehead atoms. The largest absolute Gasteiger partial charge is 0.352 e. The monoisotopic (exact) mass is 291 g/mol. The van der Waals surface area contributed by atoms with Crippen molar-refractivity contribution in [3.05, 3.63) is 29.8 Å². The fourth-order valence-corrected chi connectivity index (χ4v) is 1.76. The van der Waals surface area contributed by atoms with Crippen molar-refractivity contribution in [2.45, 2.75) is 33.2 Å². The molecule has 3 N–H and O–H groups in total. The predicted molar refractivity (Wildman–Crippen MR) is 84.9 cm³/mol. The molecule has 5 nitrogen and oxygen atoms in total. The summed E-state index contributed by atoms with van der Waals surface area (Å²) in [7, 11) is 1.87. The highest BCUT2D eigenvalue weighted by Crippen LogP contribution is 2.12. The van der Waals surface area contributed by atoms with Crippen LogP contribution in [0.4, 0.5) is 5.69 Å². The molecule has 0 fully saturated rings. The van der Waals surface area contributed by atoms with E-state index in [9.17, 15) is 9.59 Å². The second-order valence-corrected chi connectivity index (χ2v) is 5.33. The molecule has 0 aromatic heterocycles. The summed E-state index contributed by atoms with van der Waals surface area (Å²) >= 11 is 0. The number of nitrogens with one attached hydrogen (secondary N) is 3. The SMILES string of the molecule is CNCCCC(=O)NCc1cccc(NC(=O)C(C)C)c1. The maximum Gasteiger partial charge on any atom is 0.226 e. The van der Waals surface area contributed by atoms with E-state index in [1.165, 1.54) is 0 Å². The van der Waals surface area contributed by atoms with Crippen molar-refractivity contribution in [1.82, 2.24) is 10.6 Å². The maximum absolute atomic E-state index is 11.6. The molecule has 0 aliphatic rings. The Labute approximate surface area is 126 Å². The number of hydrogen-bond donors (Lipinski definition) is 3. The van der Waals surface area contributed by atoms with Gasteiger partial charge in [0.25, 0.3) is 0 Å². The number of benzene rings is 1. The fourth-order valence-electron chi connectivity index (χ4n) is 1.76. The summed E-state index contributed by atoms with van der Waals surface area (Å²) in [5, 5.41) is 8.74. The van der Waals surface area contributed by atoms with Crippen LogP contribution in [0.25, 0.3) is 0 Å². The number of carbonyl (C=O) groups is 2. The lowest BCUT2D eigenvalue weighted by Crippen LogP contribution is -2.23. The molecule has 1 rings (SSSR count). The summed E-state index contributed by atoms with van der Waals surface area (Å²) in [5.41, 5.74) is 1.73. The Balaban J connectivity index is 2.45. The number of hydrogen-bond acceptors (Lipinski definition) is 3. The van der Waals surface area contributed by atoms with Crippen molar-refractivity contribution >= 4 is 17.5 Å². The molecule has 0 saturated carbocycles. The Bertz CT molecular complexity index is 472. The first-order valence-corrected chi connectivity index (χ1v) is 7.34. The van der Waals surface area contributed by atoms with Gasteiger partial charge >= 0.3 is 0 Å². The fraction of sp³-hybridized carbons (Fsp3) is 0.500. The van der Waals surface area contributed by atoms with Crippen LogP contribution in [0.3, 0.4) is 0 Å². The zero-order valence-electron chi connectivity index (χ0n) is 13.0. The van der Waals surface area contributed by atoms with Crippen molar-refractivity contribution in [3.8, 4) is 0 Å². The first kappa shape index (κ1) is 17.2. The van der Waals surface area contributed by atoms with Gasteiger partial charge in [-0.2, -0.15) is 0 Å². The minimum absolute atomic E-state index is 0.0109. The van der Waals surface area contributed by atoms with Gasteiger partial charge in [-0.25, -0.2) is 0 Å². The molecule has 21 heavy (non-hydrogen) atoms. The van der Waals surface area contributed by atoms with Crippen molar-refractivity contribution in [2.75, 3.05) is 18.9 Å². The lowest BCUT2D eigenvalue weighted by Gasteiger charge is -2.10. The smallest absolute Gasteiger partial charge is 0.226 e. The van der Waals surface area contributed by atoms with Gasteiger partial charge in [-0.05, 0) is 37.7 Å². The minimum atomic E-state index is -0.0551. The van der Waals surface area contributed by atoms with Crippen LogP contribution in [-0.2, 0) is 16.1 Å². The summed E-state index contributed by atoms with van der Waals surface area (Å²) in [4.78, 5) is 23.3. The topological polar surface area (TPSA) is 70.2 Å². The number of carbonyl (C=O) groups excluding carboxylic acids is 2. The first-order valence-electron chi connectivity index (χ1n) is 7.34. The van der Waals surface area contributed by atoms with Crippen molar-refractivity contribution in [2.24, 2.45) is 5.92 Å².